The van der Waals surface area contributed by atoms with Gasteiger partial charge in [0.25, 0.3) is 0 Å². The Kier molecular flexibility index (Phi) is 3.08. The molecule has 0 radical (unpaired) electrons. The van der Waals surface area contributed by atoms with Gasteiger partial charge in [-0.3, -0.25) is 0 Å². The number of thiocarbonyl (C=S) groups is 1. The van der Waals surface area contributed by atoms with E-state index in [4.69, 9.17) is 12.2 Å². The van der Waals surface area contributed by atoms with Crippen molar-refractivity contribution in [3.8, 4) is 0 Å². The molecule has 0 bridgehead atoms. The van der Waals surface area contributed by atoms with Crippen molar-refractivity contribution in [1.29, 1.82) is 0 Å². The van der Waals surface area contributed by atoms with Crippen LogP contribution in [0.2, 0.25) is 0 Å². The van der Waals surface area contributed by atoms with Crippen LogP contribution in [0.5, 0.6) is 0 Å². The summed E-state index contributed by atoms with van der Waals surface area (Å²) in [5.74, 6) is 0. The highest BCUT2D eigenvalue weighted by Gasteiger charge is 2.06. The SMILES string of the molecule is Cc1cc[n+](NC(=S)c2cccs2)cc1. The molecule has 0 fully saturated rings. The topological polar surface area (TPSA) is 15.9 Å². The zero-order chi connectivity index (χ0) is 10.7. The molecule has 4 heteroatoms. The molecule has 76 valence electrons. The maximum absolute atomic E-state index is 5.27. The van der Waals surface area contributed by atoms with Gasteiger partial charge < -0.3 is 0 Å². The maximum atomic E-state index is 5.27. The molecular formula is C11H11N2S2+. The molecule has 2 rings (SSSR count). The normalized spacial score (nSPS) is 9.93. The molecule has 2 aromatic heterocycles. The molecule has 0 atom stereocenters. The van der Waals surface area contributed by atoms with Crippen molar-refractivity contribution < 1.29 is 4.68 Å². The predicted molar refractivity (Wildman–Crippen MR) is 66.8 cm³/mol. The van der Waals surface area contributed by atoms with Gasteiger partial charge in [-0.05, 0) is 23.9 Å². The second-order valence-electron chi connectivity index (χ2n) is 3.20. The summed E-state index contributed by atoms with van der Waals surface area (Å²) >= 11 is 6.90. The van der Waals surface area contributed by atoms with Gasteiger partial charge in [-0.1, -0.05) is 23.0 Å². The van der Waals surface area contributed by atoms with Crippen LogP contribution in [0.25, 0.3) is 0 Å². The lowest BCUT2D eigenvalue weighted by Crippen LogP contribution is -2.47. The van der Waals surface area contributed by atoms with E-state index >= 15 is 0 Å². The molecular weight excluding hydrogens is 224 g/mol. The van der Waals surface area contributed by atoms with Crippen molar-refractivity contribution in [3.63, 3.8) is 0 Å². The van der Waals surface area contributed by atoms with Gasteiger partial charge in [-0.2, -0.15) is 0 Å². The zero-order valence-corrected chi connectivity index (χ0v) is 9.94. The minimum absolute atomic E-state index is 0.749. The first-order valence-electron chi connectivity index (χ1n) is 4.58. The van der Waals surface area contributed by atoms with Gasteiger partial charge in [0.05, 0.1) is 4.88 Å². The van der Waals surface area contributed by atoms with Crippen LogP contribution in [0.15, 0.2) is 42.0 Å². The highest BCUT2D eigenvalue weighted by molar-refractivity contribution is 7.81. The fourth-order valence-electron chi connectivity index (χ4n) is 1.16. The number of pyridine rings is 1. The van der Waals surface area contributed by atoms with Crippen molar-refractivity contribution in [2.75, 3.05) is 5.43 Å². The largest absolute Gasteiger partial charge is 0.200 e. The number of thiophene rings is 1. The summed E-state index contributed by atoms with van der Waals surface area (Å²) in [6, 6.07) is 8.07. The smallest absolute Gasteiger partial charge is 0.148 e. The number of aromatic nitrogens is 1. The molecule has 0 spiro atoms. The number of hydrogen-bond acceptors (Lipinski definition) is 2. The van der Waals surface area contributed by atoms with E-state index in [0.717, 1.165) is 9.87 Å². The summed E-state index contributed by atoms with van der Waals surface area (Å²) in [4.78, 5) is 1.83. The Bertz CT molecular complexity index is 446. The Morgan fingerprint density at radius 3 is 2.67 bits per heavy atom. The summed E-state index contributed by atoms with van der Waals surface area (Å²) in [6.07, 6.45) is 3.91. The van der Waals surface area contributed by atoms with E-state index in [2.05, 4.69) is 12.3 Å². The highest BCUT2D eigenvalue weighted by Crippen LogP contribution is 2.08. The number of hydrogen-bond donors (Lipinski definition) is 1. The van der Waals surface area contributed by atoms with Crippen LogP contribution in [0.3, 0.4) is 0 Å². The first-order chi connectivity index (χ1) is 7.25. The molecule has 0 aromatic carbocycles. The van der Waals surface area contributed by atoms with Crippen molar-refractivity contribution in [2.24, 2.45) is 0 Å². The molecule has 0 amide bonds. The van der Waals surface area contributed by atoms with Crippen LogP contribution in [0, 0.1) is 6.92 Å². The van der Waals surface area contributed by atoms with Crippen molar-refractivity contribution in [2.45, 2.75) is 6.92 Å². The third-order valence-corrected chi connectivity index (χ3v) is 3.30. The Balaban J connectivity index is 2.09. The van der Waals surface area contributed by atoms with E-state index in [1.54, 1.807) is 11.3 Å². The molecule has 2 heterocycles. The van der Waals surface area contributed by atoms with Crippen LogP contribution >= 0.6 is 23.6 Å². The van der Waals surface area contributed by atoms with E-state index in [-0.39, 0.29) is 0 Å². The first kappa shape index (κ1) is 10.3. The van der Waals surface area contributed by atoms with Crippen LogP contribution in [0.1, 0.15) is 10.4 Å². The van der Waals surface area contributed by atoms with E-state index in [1.807, 2.05) is 46.7 Å². The van der Waals surface area contributed by atoms with Gasteiger partial charge in [-0.25, -0.2) is 0 Å². The summed E-state index contributed by atoms with van der Waals surface area (Å²) in [6.45, 7) is 2.06. The summed E-state index contributed by atoms with van der Waals surface area (Å²) in [5.41, 5.74) is 4.36. The minimum Gasteiger partial charge on any atom is -0.148 e. The fraction of sp³-hybridized carbons (Fsp3) is 0.0909. The van der Waals surface area contributed by atoms with E-state index in [0.29, 0.717) is 0 Å². The van der Waals surface area contributed by atoms with E-state index in [1.165, 1.54) is 5.56 Å². The second-order valence-corrected chi connectivity index (χ2v) is 4.56. The van der Waals surface area contributed by atoms with Gasteiger partial charge in [0.2, 0.25) is 0 Å². The standard InChI is InChI=1S/C11H10N2S2/c1-9-4-6-13(7-5-9)12-11(14)10-3-2-8-15-10/h2-8H,1H3/p+1. The van der Waals surface area contributed by atoms with Gasteiger partial charge >= 0.3 is 0 Å². The lowest BCUT2D eigenvalue weighted by atomic mass is 10.3. The third kappa shape index (κ3) is 2.61. The summed E-state index contributed by atoms with van der Waals surface area (Å²) in [5, 5.41) is 2.02. The second kappa shape index (κ2) is 4.51. The van der Waals surface area contributed by atoms with Crippen LogP contribution in [-0.2, 0) is 0 Å². The third-order valence-electron chi connectivity index (χ3n) is 1.97. The van der Waals surface area contributed by atoms with Crippen LogP contribution in [0.4, 0.5) is 0 Å². The molecule has 0 aliphatic heterocycles. The summed E-state index contributed by atoms with van der Waals surface area (Å²) < 4.78 is 1.86. The molecule has 0 saturated heterocycles. The Morgan fingerprint density at radius 1 is 1.33 bits per heavy atom. The highest BCUT2D eigenvalue weighted by atomic mass is 32.1. The average molecular weight is 235 g/mol. The quantitative estimate of drug-likeness (QED) is 0.635. The van der Waals surface area contributed by atoms with Gasteiger partial charge in [0, 0.05) is 12.1 Å². The molecule has 2 nitrogen and oxygen atoms in total. The van der Waals surface area contributed by atoms with E-state index in [9.17, 15) is 0 Å². The van der Waals surface area contributed by atoms with Crippen molar-refractivity contribution in [1.82, 2.24) is 0 Å². The molecule has 0 aliphatic carbocycles. The van der Waals surface area contributed by atoms with Crippen molar-refractivity contribution in [3.05, 3.63) is 52.5 Å². The number of aryl methyl sites for hydroxylation is 1. The Hall–Kier alpha value is -1.26. The van der Waals surface area contributed by atoms with Crippen LogP contribution in [-0.4, -0.2) is 4.99 Å². The van der Waals surface area contributed by atoms with Gasteiger partial charge in [0.1, 0.15) is 0 Å². The Labute approximate surface area is 98.2 Å². The molecule has 2 aromatic rings. The van der Waals surface area contributed by atoms with E-state index < -0.39 is 0 Å². The maximum Gasteiger partial charge on any atom is 0.200 e. The first-order valence-corrected chi connectivity index (χ1v) is 5.87. The zero-order valence-electron chi connectivity index (χ0n) is 8.31. The molecule has 0 saturated carbocycles. The number of rotatable bonds is 2. The van der Waals surface area contributed by atoms with Gasteiger partial charge in [-0.15, -0.1) is 16.8 Å². The molecule has 1 N–H and O–H groups in total. The lowest BCUT2D eigenvalue weighted by Gasteiger charge is -1.99. The molecule has 15 heavy (non-hydrogen) atoms. The number of nitrogens with zero attached hydrogens (tertiary/aromatic N) is 1. The minimum atomic E-state index is 0.749. The van der Waals surface area contributed by atoms with Crippen molar-refractivity contribution >= 4 is 28.5 Å². The Morgan fingerprint density at radius 2 is 2.07 bits per heavy atom. The van der Waals surface area contributed by atoms with Gasteiger partial charge in [0.15, 0.2) is 17.4 Å². The summed E-state index contributed by atoms with van der Waals surface area (Å²) in [7, 11) is 0. The fourth-order valence-corrected chi connectivity index (χ4v) is 2.09. The van der Waals surface area contributed by atoms with Crippen LogP contribution < -0.4 is 10.1 Å². The predicted octanol–water partition coefficient (Wildman–Crippen LogP) is 2.26. The molecule has 0 unspecified atom stereocenters. The number of nitrogens with one attached hydrogen (secondary N) is 1. The molecule has 0 aliphatic rings. The monoisotopic (exact) mass is 235 g/mol. The average Bonchev–Trinajstić information content (AvgIpc) is 2.74. The lowest BCUT2D eigenvalue weighted by molar-refractivity contribution is -0.639.